The van der Waals surface area contributed by atoms with Crippen molar-refractivity contribution in [3.63, 3.8) is 0 Å². The molecule has 0 aromatic heterocycles. The second-order valence-electron chi connectivity index (χ2n) is 7.99. The highest BCUT2D eigenvalue weighted by atomic mass is 35.5. The van der Waals surface area contributed by atoms with Crippen LogP contribution in [0.3, 0.4) is 0 Å². The summed E-state index contributed by atoms with van der Waals surface area (Å²) in [5, 5.41) is 12.7. The predicted molar refractivity (Wildman–Crippen MR) is 125 cm³/mol. The first kappa shape index (κ1) is 21.9. The molecule has 0 saturated heterocycles. The zero-order valence-corrected chi connectivity index (χ0v) is 18.3. The van der Waals surface area contributed by atoms with Crippen LogP contribution in [0.1, 0.15) is 59.5 Å². The van der Waals surface area contributed by atoms with E-state index >= 15 is 0 Å². The molecule has 164 valence electrons. The van der Waals surface area contributed by atoms with E-state index < -0.39 is 6.09 Å². The summed E-state index contributed by atoms with van der Waals surface area (Å²) in [5.41, 5.74) is 2.02. The molecule has 1 fully saturated rings. The van der Waals surface area contributed by atoms with Crippen molar-refractivity contribution in [3.05, 3.63) is 88.4 Å². The molecule has 1 aliphatic rings. The Hall–Kier alpha value is -3.31. The maximum absolute atomic E-state index is 12.9. The van der Waals surface area contributed by atoms with Crippen LogP contribution < -0.4 is 10.1 Å². The van der Waals surface area contributed by atoms with Crippen LogP contribution in [0.5, 0.6) is 11.5 Å². The number of halogens is 1. The number of ether oxygens (including phenoxy) is 1. The number of aromatic hydroxyl groups is 1. The summed E-state index contributed by atoms with van der Waals surface area (Å²) in [6.45, 7) is 0. The highest BCUT2D eigenvalue weighted by Crippen LogP contribution is 2.33. The van der Waals surface area contributed by atoms with Gasteiger partial charge in [0.15, 0.2) is 5.78 Å². The molecule has 0 aliphatic heterocycles. The van der Waals surface area contributed by atoms with Gasteiger partial charge in [-0.25, -0.2) is 4.79 Å². The molecule has 4 rings (SSSR count). The van der Waals surface area contributed by atoms with Gasteiger partial charge in [0.2, 0.25) is 0 Å². The van der Waals surface area contributed by atoms with Gasteiger partial charge >= 0.3 is 6.09 Å². The van der Waals surface area contributed by atoms with E-state index in [1.807, 2.05) is 12.1 Å². The van der Waals surface area contributed by atoms with Gasteiger partial charge in [-0.15, -0.1) is 0 Å². The van der Waals surface area contributed by atoms with E-state index in [1.54, 1.807) is 36.4 Å². The average Bonchev–Trinajstić information content (AvgIpc) is 2.81. The van der Waals surface area contributed by atoms with Crippen LogP contribution in [-0.2, 0) is 0 Å². The number of carbonyl (C=O) groups is 2. The van der Waals surface area contributed by atoms with Gasteiger partial charge in [0.25, 0.3) is 0 Å². The number of hydrogen-bond donors (Lipinski definition) is 2. The van der Waals surface area contributed by atoms with Crippen LogP contribution in [-0.4, -0.2) is 17.0 Å². The third-order valence-electron chi connectivity index (χ3n) is 5.74. The smallest absolute Gasteiger partial charge is 0.417 e. The van der Waals surface area contributed by atoms with Crippen molar-refractivity contribution in [3.8, 4) is 11.5 Å². The molecular weight excluding hydrogens is 426 g/mol. The first-order chi connectivity index (χ1) is 15.5. The molecule has 0 spiro atoms. The molecule has 2 N–H and O–H groups in total. The Labute approximate surface area is 192 Å². The first-order valence-electron chi connectivity index (χ1n) is 10.7. The van der Waals surface area contributed by atoms with Crippen molar-refractivity contribution in [2.75, 3.05) is 5.32 Å². The fourth-order valence-corrected chi connectivity index (χ4v) is 4.27. The molecule has 0 heterocycles. The second-order valence-corrected chi connectivity index (χ2v) is 8.42. The molecule has 3 aromatic rings. The van der Waals surface area contributed by atoms with E-state index in [0.29, 0.717) is 16.7 Å². The topological polar surface area (TPSA) is 75.6 Å². The summed E-state index contributed by atoms with van der Waals surface area (Å²) in [6, 6.07) is 18.2. The standard InChI is InChI=1S/C26H24ClNO4/c27-20-11-14-24(23(16-20)25(30)19-7-4-8-21(29)15-19)28-26(31)32-22-12-9-18(10-13-22)17-5-2-1-3-6-17/h4,7-17,29H,1-3,5-6H2,(H,28,31). The number of nitrogens with one attached hydrogen (secondary N) is 1. The lowest BCUT2D eigenvalue weighted by Gasteiger charge is -2.22. The number of carbonyl (C=O) groups excluding carboxylic acids is 2. The molecule has 0 radical (unpaired) electrons. The first-order valence-corrected chi connectivity index (χ1v) is 11.1. The van der Waals surface area contributed by atoms with Gasteiger partial charge in [-0.3, -0.25) is 10.1 Å². The highest BCUT2D eigenvalue weighted by Gasteiger charge is 2.18. The van der Waals surface area contributed by atoms with Crippen molar-refractivity contribution >= 4 is 29.2 Å². The van der Waals surface area contributed by atoms with Crippen molar-refractivity contribution in [2.45, 2.75) is 38.0 Å². The van der Waals surface area contributed by atoms with E-state index in [1.165, 1.54) is 55.9 Å². The van der Waals surface area contributed by atoms with E-state index in [4.69, 9.17) is 16.3 Å². The number of rotatable bonds is 5. The maximum atomic E-state index is 12.9. The van der Waals surface area contributed by atoms with E-state index in [-0.39, 0.29) is 28.3 Å². The fraction of sp³-hybridized carbons (Fsp3) is 0.231. The van der Waals surface area contributed by atoms with Crippen LogP contribution in [0, 0.1) is 0 Å². The number of hydrogen-bond acceptors (Lipinski definition) is 4. The van der Waals surface area contributed by atoms with Crippen LogP contribution in [0.15, 0.2) is 66.7 Å². The highest BCUT2D eigenvalue weighted by molar-refractivity contribution is 6.31. The van der Waals surface area contributed by atoms with E-state index in [9.17, 15) is 14.7 Å². The van der Waals surface area contributed by atoms with Gasteiger partial charge in [0.05, 0.1) is 5.69 Å². The van der Waals surface area contributed by atoms with Crippen LogP contribution in [0.25, 0.3) is 0 Å². The third-order valence-corrected chi connectivity index (χ3v) is 5.97. The largest absolute Gasteiger partial charge is 0.508 e. The van der Waals surface area contributed by atoms with Crippen LogP contribution >= 0.6 is 11.6 Å². The lowest BCUT2D eigenvalue weighted by Crippen LogP contribution is -2.19. The molecule has 0 atom stereocenters. The number of anilines is 1. The van der Waals surface area contributed by atoms with Crippen LogP contribution in [0.4, 0.5) is 10.5 Å². The number of ketones is 1. The number of benzene rings is 3. The number of amides is 1. The molecule has 1 aliphatic carbocycles. The summed E-state index contributed by atoms with van der Waals surface area (Å²) < 4.78 is 5.42. The summed E-state index contributed by atoms with van der Waals surface area (Å²) in [5.74, 6) is 0.600. The number of phenols is 1. The zero-order valence-electron chi connectivity index (χ0n) is 17.5. The lowest BCUT2D eigenvalue weighted by atomic mass is 9.84. The molecule has 0 unspecified atom stereocenters. The summed E-state index contributed by atoms with van der Waals surface area (Å²) in [7, 11) is 0. The molecule has 5 nitrogen and oxygen atoms in total. The monoisotopic (exact) mass is 449 g/mol. The minimum atomic E-state index is -0.706. The zero-order chi connectivity index (χ0) is 22.5. The SMILES string of the molecule is O=C(Nc1ccc(Cl)cc1C(=O)c1cccc(O)c1)Oc1ccc(C2CCCCC2)cc1. The Morgan fingerprint density at radius 2 is 1.69 bits per heavy atom. The molecule has 1 amide bonds. The van der Waals surface area contributed by atoms with Crippen molar-refractivity contribution in [1.29, 1.82) is 0 Å². The van der Waals surface area contributed by atoms with Gasteiger partial charge in [-0.05, 0) is 66.8 Å². The predicted octanol–water partition coefficient (Wildman–Crippen LogP) is 6.94. The Kier molecular flexibility index (Phi) is 6.76. The lowest BCUT2D eigenvalue weighted by molar-refractivity contribution is 0.103. The molecule has 3 aromatic carbocycles. The second kappa shape index (κ2) is 9.88. The van der Waals surface area contributed by atoms with Gasteiger partial charge in [0.1, 0.15) is 11.5 Å². The maximum Gasteiger partial charge on any atom is 0.417 e. The van der Waals surface area contributed by atoms with Crippen molar-refractivity contribution in [2.24, 2.45) is 0 Å². The fourth-order valence-electron chi connectivity index (χ4n) is 4.10. The van der Waals surface area contributed by atoms with Gasteiger partial charge in [-0.1, -0.05) is 55.1 Å². The minimum absolute atomic E-state index is 0.0246. The van der Waals surface area contributed by atoms with Crippen molar-refractivity contribution in [1.82, 2.24) is 0 Å². The van der Waals surface area contributed by atoms with Gasteiger partial charge in [-0.2, -0.15) is 0 Å². The van der Waals surface area contributed by atoms with Gasteiger partial charge < -0.3 is 9.84 Å². The molecule has 1 saturated carbocycles. The Balaban J connectivity index is 1.47. The molecule has 32 heavy (non-hydrogen) atoms. The van der Waals surface area contributed by atoms with Gasteiger partial charge in [0, 0.05) is 16.1 Å². The normalized spacial score (nSPS) is 14.0. The Morgan fingerprint density at radius 3 is 2.41 bits per heavy atom. The third kappa shape index (κ3) is 5.29. The minimum Gasteiger partial charge on any atom is -0.508 e. The molecule has 6 heteroatoms. The summed E-state index contributed by atoms with van der Waals surface area (Å²) >= 11 is 6.08. The number of phenolic OH excluding ortho intramolecular Hbond substituents is 1. The van der Waals surface area contributed by atoms with Crippen LogP contribution in [0.2, 0.25) is 5.02 Å². The Bertz CT molecular complexity index is 1120. The molecular formula is C26H24ClNO4. The summed E-state index contributed by atoms with van der Waals surface area (Å²) in [6.07, 6.45) is 5.52. The van der Waals surface area contributed by atoms with Crippen molar-refractivity contribution < 1.29 is 19.4 Å². The quantitative estimate of drug-likeness (QED) is 0.414. The van der Waals surface area contributed by atoms with E-state index in [2.05, 4.69) is 5.32 Å². The summed E-state index contributed by atoms with van der Waals surface area (Å²) in [4.78, 5) is 25.4. The Morgan fingerprint density at radius 1 is 0.938 bits per heavy atom. The van der Waals surface area contributed by atoms with E-state index in [0.717, 1.165) is 0 Å². The molecule has 0 bridgehead atoms. The average molecular weight is 450 g/mol.